The fourth-order valence-corrected chi connectivity index (χ4v) is 3.21. The van der Waals surface area contributed by atoms with Crippen molar-refractivity contribution in [2.45, 2.75) is 13.0 Å². The maximum absolute atomic E-state index is 14.0. The molecule has 0 saturated heterocycles. The van der Waals surface area contributed by atoms with E-state index in [0.717, 1.165) is 11.1 Å². The normalized spacial score (nSPS) is 11.8. The average molecular weight is 385 g/mol. The number of aromatic nitrogens is 4. The molecule has 0 aliphatic rings. The zero-order chi connectivity index (χ0) is 20.4. The third kappa shape index (κ3) is 3.41. The van der Waals surface area contributed by atoms with Crippen LogP contribution in [0.1, 0.15) is 24.1 Å². The third-order valence-electron chi connectivity index (χ3n) is 4.59. The Morgan fingerprint density at radius 2 is 2.00 bits per heavy atom. The largest absolute Gasteiger partial charge is 0.382 e. The molecule has 0 saturated carbocycles. The van der Waals surface area contributed by atoms with E-state index in [-0.39, 0.29) is 23.2 Å². The zero-order valence-corrected chi connectivity index (χ0v) is 15.5. The van der Waals surface area contributed by atoms with Gasteiger partial charge in [-0.1, -0.05) is 6.07 Å². The minimum atomic E-state index is -0.357. The van der Waals surface area contributed by atoms with Gasteiger partial charge in [-0.25, -0.2) is 14.4 Å². The molecule has 8 heteroatoms. The quantitative estimate of drug-likeness (QED) is 0.548. The van der Waals surface area contributed by atoms with Crippen LogP contribution in [0.5, 0.6) is 0 Å². The highest BCUT2D eigenvalue weighted by Gasteiger charge is 2.19. The molecular formula is C21H16FN7. The van der Waals surface area contributed by atoms with Gasteiger partial charge in [0.25, 0.3) is 0 Å². The van der Waals surface area contributed by atoms with Gasteiger partial charge in [0.2, 0.25) is 0 Å². The molecular weight excluding hydrogens is 369 g/mol. The number of nitrogen functional groups attached to an aromatic ring is 1. The van der Waals surface area contributed by atoms with E-state index in [0.29, 0.717) is 22.4 Å². The van der Waals surface area contributed by atoms with Gasteiger partial charge in [0.1, 0.15) is 35.4 Å². The standard InChI is InChI=1S/C21H16FN7/c1-12(29-21-15(9-23)20(24)27-11-28-21)16-10-26-17-6-5-13(22)8-14(17)19(16)18-4-2-3-7-25-18/h2-8,10-12H,1H3,(H3,24,27,28,29)/t12-/m0/s1. The van der Waals surface area contributed by atoms with Gasteiger partial charge in [-0.2, -0.15) is 5.26 Å². The van der Waals surface area contributed by atoms with Crippen LogP contribution in [0.3, 0.4) is 0 Å². The molecule has 0 bridgehead atoms. The fraction of sp³-hybridized carbons (Fsp3) is 0.0952. The molecule has 3 N–H and O–H groups in total. The highest BCUT2D eigenvalue weighted by Crippen LogP contribution is 2.35. The van der Waals surface area contributed by atoms with Crippen molar-refractivity contribution >= 4 is 22.5 Å². The van der Waals surface area contributed by atoms with Crippen molar-refractivity contribution in [1.82, 2.24) is 19.9 Å². The van der Waals surface area contributed by atoms with Crippen LogP contribution in [0.4, 0.5) is 16.0 Å². The molecule has 0 unspecified atom stereocenters. The molecule has 142 valence electrons. The van der Waals surface area contributed by atoms with Crippen molar-refractivity contribution in [2.75, 3.05) is 11.1 Å². The molecule has 0 fully saturated rings. The lowest BCUT2D eigenvalue weighted by atomic mass is 9.96. The topological polar surface area (TPSA) is 113 Å². The Morgan fingerprint density at radius 3 is 2.76 bits per heavy atom. The predicted molar refractivity (Wildman–Crippen MR) is 108 cm³/mol. The maximum atomic E-state index is 14.0. The van der Waals surface area contributed by atoms with Gasteiger partial charge in [-0.15, -0.1) is 0 Å². The van der Waals surface area contributed by atoms with Crippen molar-refractivity contribution in [3.63, 3.8) is 0 Å². The number of nitrogens with one attached hydrogen (secondary N) is 1. The fourth-order valence-electron chi connectivity index (χ4n) is 3.21. The van der Waals surface area contributed by atoms with Gasteiger partial charge < -0.3 is 11.1 Å². The zero-order valence-electron chi connectivity index (χ0n) is 15.5. The van der Waals surface area contributed by atoms with Crippen molar-refractivity contribution in [2.24, 2.45) is 0 Å². The third-order valence-corrected chi connectivity index (χ3v) is 4.59. The van der Waals surface area contributed by atoms with E-state index in [2.05, 4.69) is 25.3 Å². The first-order valence-electron chi connectivity index (χ1n) is 8.85. The highest BCUT2D eigenvalue weighted by molar-refractivity contribution is 5.95. The number of nitriles is 1. The molecule has 3 aromatic heterocycles. The van der Waals surface area contributed by atoms with Crippen molar-refractivity contribution < 1.29 is 4.39 Å². The van der Waals surface area contributed by atoms with E-state index >= 15 is 0 Å². The van der Waals surface area contributed by atoms with Crippen LogP contribution in [0.15, 0.2) is 55.1 Å². The molecule has 0 amide bonds. The number of benzene rings is 1. The molecule has 0 aliphatic carbocycles. The van der Waals surface area contributed by atoms with Crippen LogP contribution in [0, 0.1) is 17.1 Å². The molecule has 7 nitrogen and oxygen atoms in total. The number of nitrogens with zero attached hydrogens (tertiary/aromatic N) is 5. The van der Waals surface area contributed by atoms with Crippen molar-refractivity contribution in [1.29, 1.82) is 5.26 Å². The van der Waals surface area contributed by atoms with E-state index < -0.39 is 0 Å². The van der Waals surface area contributed by atoms with Gasteiger partial charge >= 0.3 is 0 Å². The summed E-state index contributed by atoms with van der Waals surface area (Å²) in [6, 6.07) is 11.7. The van der Waals surface area contributed by atoms with E-state index in [1.165, 1.54) is 18.5 Å². The summed E-state index contributed by atoms with van der Waals surface area (Å²) in [4.78, 5) is 16.9. The Morgan fingerprint density at radius 1 is 1.14 bits per heavy atom. The van der Waals surface area contributed by atoms with Crippen LogP contribution in [0.25, 0.3) is 22.2 Å². The summed E-state index contributed by atoms with van der Waals surface area (Å²) in [5, 5.41) is 13.2. The second-order valence-electron chi connectivity index (χ2n) is 6.43. The van der Waals surface area contributed by atoms with Gasteiger partial charge in [0.15, 0.2) is 0 Å². The summed E-state index contributed by atoms with van der Waals surface area (Å²) in [6.07, 6.45) is 4.69. The number of anilines is 2. The summed E-state index contributed by atoms with van der Waals surface area (Å²) >= 11 is 0. The maximum Gasteiger partial charge on any atom is 0.150 e. The second-order valence-corrected chi connectivity index (χ2v) is 6.43. The Hall–Kier alpha value is -4.12. The summed E-state index contributed by atoms with van der Waals surface area (Å²) < 4.78 is 14.0. The monoisotopic (exact) mass is 385 g/mol. The minimum Gasteiger partial charge on any atom is -0.382 e. The van der Waals surface area contributed by atoms with Gasteiger partial charge in [0, 0.05) is 28.9 Å². The summed E-state index contributed by atoms with van der Waals surface area (Å²) in [7, 11) is 0. The SMILES string of the molecule is C[C@H](Nc1ncnc(N)c1C#N)c1cnc2ccc(F)cc2c1-c1ccccn1. The lowest BCUT2D eigenvalue weighted by molar-refractivity contribution is 0.629. The number of hydrogen-bond donors (Lipinski definition) is 2. The van der Waals surface area contributed by atoms with Crippen LogP contribution in [-0.2, 0) is 0 Å². The number of rotatable bonds is 4. The van der Waals surface area contributed by atoms with Gasteiger partial charge in [0.05, 0.1) is 17.3 Å². The number of nitrogens with two attached hydrogens (primary N) is 1. The van der Waals surface area contributed by atoms with E-state index in [1.54, 1.807) is 18.5 Å². The second kappa shape index (κ2) is 7.48. The molecule has 0 spiro atoms. The van der Waals surface area contributed by atoms with Crippen molar-refractivity contribution in [3.8, 4) is 17.3 Å². The average Bonchev–Trinajstić information content (AvgIpc) is 2.73. The van der Waals surface area contributed by atoms with E-state index in [9.17, 15) is 9.65 Å². The predicted octanol–water partition coefficient (Wildman–Crippen LogP) is 3.85. The Bertz CT molecular complexity index is 1240. The summed E-state index contributed by atoms with van der Waals surface area (Å²) in [5.41, 5.74) is 8.84. The molecule has 4 aromatic rings. The molecule has 1 aromatic carbocycles. The number of fused-ring (bicyclic) bond motifs is 1. The molecule has 0 radical (unpaired) electrons. The van der Waals surface area contributed by atoms with Crippen LogP contribution in [0.2, 0.25) is 0 Å². The Labute approximate surface area is 166 Å². The first-order valence-corrected chi connectivity index (χ1v) is 8.85. The number of hydrogen-bond acceptors (Lipinski definition) is 7. The molecule has 0 aliphatic heterocycles. The first-order chi connectivity index (χ1) is 14.1. The Balaban J connectivity index is 1.88. The van der Waals surface area contributed by atoms with Crippen molar-refractivity contribution in [3.05, 3.63) is 72.1 Å². The van der Waals surface area contributed by atoms with E-state index in [4.69, 9.17) is 5.73 Å². The van der Waals surface area contributed by atoms with Crippen LogP contribution < -0.4 is 11.1 Å². The van der Waals surface area contributed by atoms with Gasteiger partial charge in [-0.3, -0.25) is 9.97 Å². The van der Waals surface area contributed by atoms with Gasteiger partial charge in [-0.05, 0) is 37.3 Å². The number of halogens is 1. The summed E-state index contributed by atoms with van der Waals surface area (Å²) in [6.45, 7) is 1.90. The molecule has 1 atom stereocenters. The lowest BCUT2D eigenvalue weighted by Crippen LogP contribution is -2.13. The molecule has 29 heavy (non-hydrogen) atoms. The van der Waals surface area contributed by atoms with Crippen LogP contribution >= 0.6 is 0 Å². The summed E-state index contributed by atoms with van der Waals surface area (Å²) in [5.74, 6) is 0.0595. The molecule has 3 heterocycles. The number of pyridine rings is 2. The Kier molecular flexibility index (Phi) is 4.71. The highest BCUT2D eigenvalue weighted by atomic mass is 19.1. The smallest absolute Gasteiger partial charge is 0.150 e. The lowest BCUT2D eigenvalue weighted by Gasteiger charge is -2.20. The van der Waals surface area contributed by atoms with E-state index in [1.807, 2.05) is 31.2 Å². The molecule has 4 rings (SSSR count). The first kappa shape index (κ1) is 18.3. The van der Waals surface area contributed by atoms with Crippen LogP contribution in [-0.4, -0.2) is 19.9 Å². The minimum absolute atomic E-state index is 0.0980.